The first-order chi connectivity index (χ1) is 21.9. The highest BCUT2D eigenvalue weighted by Gasteiger charge is 2.57. The van der Waals surface area contributed by atoms with Gasteiger partial charge in [0.2, 0.25) is 5.60 Å². The average Bonchev–Trinajstić information content (AvgIpc) is 3.39. The number of nitro benzene ring substituents is 1. The van der Waals surface area contributed by atoms with E-state index < -0.39 is 29.2 Å². The van der Waals surface area contributed by atoms with E-state index in [9.17, 15) is 38.3 Å². The van der Waals surface area contributed by atoms with Crippen LogP contribution in [-0.2, 0) is 18.6 Å². The summed E-state index contributed by atoms with van der Waals surface area (Å²) in [6.45, 7) is 1.57. The summed E-state index contributed by atoms with van der Waals surface area (Å²) in [5.74, 6) is -0.424. The number of β-amino-alcohol motifs (C(OH)–C–C–N with tert-alkyl or cyclic N) is 1. The topological polar surface area (TPSA) is 127 Å². The van der Waals surface area contributed by atoms with Crippen molar-refractivity contribution in [2.75, 3.05) is 26.7 Å². The van der Waals surface area contributed by atoms with Crippen LogP contribution in [0.25, 0.3) is 10.9 Å². The second kappa shape index (κ2) is 13.0. The fraction of sp³-hybridized carbons (Fsp3) is 0.364. The van der Waals surface area contributed by atoms with Crippen LogP contribution in [0.15, 0.2) is 66.9 Å². The van der Waals surface area contributed by atoms with Gasteiger partial charge in [0.25, 0.3) is 5.69 Å². The van der Waals surface area contributed by atoms with Gasteiger partial charge in [-0.25, -0.2) is 4.79 Å². The molecule has 3 aromatic carbocycles. The number of aromatic nitrogens is 1. The van der Waals surface area contributed by atoms with Crippen LogP contribution in [0, 0.1) is 10.1 Å². The molecule has 13 heteroatoms. The molecule has 0 radical (unpaired) electrons. The van der Waals surface area contributed by atoms with Crippen molar-refractivity contribution in [3.63, 3.8) is 0 Å². The van der Waals surface area contributed by atoms with Gasteiger partial charge in [-0.15, -0.1) is 0 Å². The molecule has 10 nitrogen and oxygen atoms in total. The van der Waals surface area contributed by atoms with Crippen LogP contribution in [0.5, 0.6) is 11.5 Å². The number of nitro groups is 1. The number of halogens is 3. The summed E-state index contributed by atoms with van der Waals surface area (Å²) in [7, 11) is 1.42. The van der Waals surface area contributed by atoms with Crippen molar-refractivity contribution in [1.29, 1.82) is 0 Å². The predicted molar refractivity (Wildman–Crippen MR) is 164 cm³/mol. The van der Waals surface area contributed by atoms with Gasteiger partial charge in [0.15, 0.2) is 11.5 Å². The predicted octanol–water partition coefficient (Wildman–Crippen LogP) is 6.16. The molecule has 0 bridgehead atoms. The van der Waals surface area contributed by atoms with Gasteiger partial charge in [0.1, 0.15) is 6.10 Å². The van der Waals surface area contributed by atoms with E-state index in [4.69, 9.17) is 9.47 Å². The van der Waals surface area contributed by atoms with Crippen molar-refractivity contribution in [1.82, 2.24) is 9.47 Å². The lowest BCUT2D eigenvalue weighted by Gasteiger charge is -2.39. The Morgan fingerprint density at radius 1 is 1.09 bits per heavy atom. The summed E-state index contributed by atoms with van der Waals surface area (Å²) in [5.41, 5.74) is -2.36. The number of hydrogen-bond acceptors (Lipinski definition) is 7. The molecule has 1 unspecified atom stereocenters. The number of aliphatic hydroxyl groups is 1. The standard InChI is InChI=1S/C33H34F3N3O7/c1-3-24-25(31(40)41)11-12-29(30(24)45-2)46-23-13-15-37(16-14-23)20-32(42,33(34,35)36)27-19-38(18-21-7-5-4-6-8-21)28-17-22(39(43)44)9-10-26(27)28/h4-12,17,19,23,42H,3,13-16,18,20H2,1-2H3,(H,40,41). The zero-order valence-corrected chi connectivity index (χ0v) is 25.3. The lowest BCUT2D eigenvalue weighted by Crippen LogP contribution is -2.53. The maximum atomic E-state index is 14.9. The smallest absolute Gasteiger partial charge is 0.422 e. The molecule has 1 atom stereocenters. The van der Waals surface area contributed by atoms with Gasteiger partial charge < -0.3 is 24.3 Å². The Bertz CT molecular complexity index is 1730. The molecule has 4 aromatic rings. The van der Waals surface area contributed by atoms with E-state index in [1.54, 1.807) is 37.3 Å². The number of alkyl halides is 3. The lowest BCUT2D eigenvalue weighted by molar-refractivity contribution is -0.384. The van der Waals surface area contributed by atoms with Crippen LogP contribution < -0.4 is 9.47 Å². The quantitative estimate of drug-likeness (QED) is 0.147. The second-order valence-corrected chi connectivity index (χ2v) is 11.3. The number of carboxylic acids is 1. The van der Waals surface area contributed by atoms with Gasteiger partial charge in [0, 0.05) is 61.0 Å². The number of fused-ring (bicyclic) bond motifs is 1. The zero-order chi connectivity index (χ0) is 33.2. The highest BCUT2D eigenvalue weighted by molar-refractivity contribution is 5.91. The maximum absolute atomic E-state index is 14.9. The largest absolute Gasteiger partial charge is 0.493 e. The summed E-state index contributed by atoms with van der Waals surface area (Å²) < 4.78 is 57.7. The Kier molecular flexibility index (Phi) is 9.27. The number of nitrogens with zero attached hydrogens (tertiary/aromatic N) is 3. The van der Waals surface area contributed by atoms with Gasteiger partial charge in [-0.2, -0.15) is 13.2 Å². The van der Waals surface area contributed by atoms with Gasteiger partial charge in [0.05, 0.1) is 23.1 Å². The van der Waals surface area contributed by atoms with Crippen LogP contribution in [0.2, 0.25) is 0 Å². The summed E-state index contributed by atoms with van der Waals surface area (Å²) in [6, 6.07) is 15.6. The number of rotatable bonds is 11. The number of methoxy groups -OCH3 is 1. The fourth-order valence-corrected chi connectivity index (χ4v) is 6.12. The Morgan fingerprint density at radius 3 is 2.37 bits per heavy atom. The molecular weight excluding hydrogens is 607 g/mol. The summed E-state index contributed by atoms with van der Waals surface area (Å²) in [5, 5.41) is 32.6. The van der Waals surface area contributed by atoms with E-state index >= 15 is 0 Å². The molecule has 244 valence electrons. The van der Waals surface area contributed by atoms with E-state index in [0.29, 0.717) is 36.3 Å². The normalized spacial score (nSPS) is 15.9. The van der Waals surface area contributed by atoms with Gasteiger partial charge >= 0.3 is 12.1 Å². The van der Waals surface area contributed by atoms with Gasteiger partial charge in [-0.1, -0.05) is 37.3 Å². The highest BCUT2D eigenvalue weighted by Crippen LogP contribution is 2.44. The monoisotopic (exact) mass is 641 g/mol. The molecule has 5 rings (SSSR count). The molecule has 1 fully saturated rings. The number of carbonyl (C=O) groups is 1. The van der Waals surface area contributed by atoms with E-state index in [1.165, 1.54) is 47.0 Å². The Balaban J connectivity index is 1.40. The molecule has 46 heavy (non-hydrogen) atoms. The van der Waals surface area contributed by atoms with Crippen LogP contribution in [-0.4, -0.2) is 69.6 Å². The van der Waals surface area contributed by atoms with Crippen LogP contribution in [0.1, 0.15) is 46.8 Å². The molecule has 0 amide bonds. The van der Waals surface area contributed by atoms with Crippen molar-refractivity contribution in [3.05, 3.63) is 99.2 Å². The Hall–Kier alpha value is -4.62. The molecule has 1 aliphatic heterocycles. The van der Waals surface area contributed by atoms with Crippen LogP contribution in [0.3, 0.4) is 0 Å². The van der Waals surface area contributed by atoms with Gasteiger partial charge in [-0.3, -0.25) is 15.0 Å². The minimum atomic E-state index is -5.07. The van der Waals surface area contributed by atoms with E-state index in [2.05, 4.69) is 0 Å². The second-order valence-electron chi connectivity index (χ2n) is 11.3. The number of ether oxygens (including phenoxy) is 2. The lowest BCUT2D eigenvalue weighted by atomic mass is 9.91. The zero-order valence-electron chi connectivity index (χ0n) is 25.3. The first-order valence-electron chi connectivity index (χ1n) is 14.8. The molecule has 0 aliphatic carbocycles. The summed E-state index contributed by atoms with van der Waals surface area (Å²) in [4.78, 5) is 24.1. The first kappa shape index (κ1) is 32.8. The molecule has 2 heterocycles. The van der Waals surface area contributed by atoms with Crippen molar-refractivity contribution in [2.45, 2.75) is 50.6 Å². The molecule has 0 saturated carbocycles. The number of piperidine rings is 1. The molecule has 2 N–H and O–H groups in total. The third kappa shape index (κ3) is 6.38. The molecule has 0 spiro atoms. The van der Waals surface area contributed by atoms with Crippen molar-refractivity contribution >= 4 is 22.6 Å². The number of aromatic carboxylic acids is 1. The van der Waals surface area contributed by atoms with Crippen LogP contribution >= 0.6 is 0 Å². The van der Waals surface area contributed by atoms with Crippen LogP contribution in [0.4, 0.5) is 18.9 Å². The van der Waals surface area contributed by atoms with Gasteiger partial charge in [-0.05, 0) is 43.0 Å². The van der Waals surface area contributed by atoms with E-state index in [0.717, 1.165) is 11.6 Å². The maximum Gasteiger partial charge on any atom is 0.422 e. The number of hydrogen-bond donors (Lipinski definition) is 2. The SMILES string of the molecule is CCc1c(C(=O)O)ccc(OC2CCN(CC(O)(c3cn(Cc4ccccc4)c4cc([N+](=O)[O-])ccc34)C(F)(F)F)CC2)c1OC. The number of non-ortho nitro benzene ring substituents is 1. The van der Waals surface area contributed by atoms with E-state index in [-0.39, 0.29) is 53.5 Å². The molecular formula is C33H34F3N3O7. The Labute approximate surface area is 262 Å². The number of benzene rings is 3. The molecule has 1 aliphatic rings. The Morgan fingerprint density at radius 2 is 1.78 bits per heavy atom. The first-order valence-corrected chi connectivity index (χ1v) is 14.8. The summed E-state index contributed by atoms with van der Waals surface area (Å²) >= 11 is 0. The third-order valence-corrected chi connectivity index (χ3v) is 8.48. The highest BCUT2D eigenvalue weighted by atomic mass is 19.4. The van der Waals surface area contributed by atoms with Crippen molar-refractivity contribution < 1.29 is 42.6 Å². The van der Waals surface area contributed by atoms with E-state index in [1.807, 2.05) is 0 Å². The number of carboxylic acid groups (broad SMARTS) is 1. The number of likely N-dealkylation sites (tertiary alicyclic amines) is 1. The summed E-state index contributed by atoms with van der Waals surface area (Å²) in [6.07, 6.45) is -3.11. The molecule has 1 aromatic heterocycles. The fourth-order valence-electron chi connectivity index (χ4n) is 6.12. The van der Waals surface area contributed by atoms with Crippen molar-refractivity contribution in [2.24, 2.45) is 0 Å². The average molecular weight is 642 g/mol. The minimum Gasteiger partial charge on any atom is -0.493 e. The van der Waals surface area contributed by atoms with Crippen molar-refractivity contribution in [3.8, 4) is 11.5 Å². The minimum absolute atomic E-state index is 0.0724. The molecule has 1 saturated heterocycles. The third-order valence-electron chi connectivity index (χ3n) is 8.48.